The molecule has 1 N–H and O–H groups in total. The van der Waals surface area contributed by atoms with Gasteiger partial charge in [-0.05, 0) is 31.4 Å². The standard InChI is InChI=1S/C16H26N2O/c1-13(19-3)12-15-6-4-5-7-16(15)14(2)18-10-8-17-9-11-18/h4-7,13-14,17H,8-12H2,1-3H3. The van der Waals surface area contributed by atoms with E-state index in [1.165, 1.54) is 11.1 Å². The molecule has 2 rings (SSSR count). The van der Waals surface area contributed by atoms with Gasteiger partial charge in [-0.2, -0.15) is 0 Å². The molecule has 19 heavy (non-hydrogen) atoms. The Morgan fingerprint density at radius 2 is 1.89 bits per heavy atom. The predicted molar refractivity (Wildman–Crippen MR) is 79.5 cm³/mol. The van der Waals surface area contributed by atoms with Gasteiger partial charge in [-0.3, -0.25) is 4.90 Å². The van der Waals surface area contributed by atoms with Crippen LogP contribution in [-0.4, -0.2) is 44.3 Å². The summed E-state index contributed by atoms with van der Waals surface area (Å²) in [5, 5.41) is 3.42. The van der Waals surface area contributed by atoms with E-state index >= 15 is 0 Å². The van der Waals surface area contributed by atoms with Crippen molar-refractivity contribution in [2.75, 3.05) is 33.3 Å². The third-order valence-corrected chi connectivity index (χ3v) is 4.11. The third-order valence-electron chi connectivity index (χ3n) is 4.11. The minimum atomic E-state index is 0.274. The van der Waals surface area contributed by atoms with Crippen LogP contribution in [0.5, 0.6) is 0 Å². The molecule has 0 saturated carbocycles. The number of nitrogens with zero attached hydrogens (tertiary/aromatic N) is 1. The first-order valence-corrected chi connectivity index (χ1v) is 7.27. The van der Waals surface area contributed by atoms with Gasteiger partial charge in [0.2, 0.25) is 0 Å². The normalized spacial score (nSPS) is 20.2. The van der Waals surface area contributed by atoms with Crippen LogP contribution in [0.25, 0.3) is 0 Å². The number of piperazine rings is 1. The van der Waals surface area contributed by atoms with E-state index in [4.69, 9.17) is 4.74 Å². The summed E-state index contributed by atoms with van der Waals surface area (Å²) in [5.41, 5.74) is 2.87. The highest BCUT2D eigenvalue weighted by Gasteiger charge is 2.20. The predicted octanol–water partition coefficient (Wildman–Crippen LogP) is 2.23. The topological polar surface area (TPSA) is 24.5 Å². The van der Waals surface area contributed by atoms with Crippen LogP contribution in [-0.2, 0) is 11.2 Å². The number of ether oxygens (including phenoxy) is 1. The Morgan fingerprint density at radius 1 is 1.21 bits per heavy atom. The highest BCUT2D eigenvalue weighted by Crippen LogP contribution is 2.25. The van der Waals surface area contributed by atoms with Gasteiger partial charge in [0.25, 0.3) is 0 Å². The molecule has 1 aromatic rings. The molecule has 1 aliphatic heterocycles. The second-order valence-electron chi connectivity index (χ2n) is 5.41. The van der Waals surface area contributed by atoms with Crippen LogP contribution < -0.4 is 5.32 Å². The van der Waals surface area contributed by atoms with Gasteiger partial charge in [0.05, 0.1) is 6.10 Å². The van der Waals surface area contributed by atoms with Gasteiger partial charge >= 0.3 is 0 Å². The van der Waals surface area contributed by atoms with Crippen LogP contribution in [0, 0.1) is 0 Å². The van der Waals surface area contributed by atoms with E-state index in [2.05, 4.69) is 48.3 Å². The molecule has 0 amide bonds. The Hall–Kier alpha value is -0.900. The summed E-state index contributed by atoms with van der Waals surface area (Å²) in [4.78, 5) is 2.56. The van der Waals surface area contributed by atoms with Crippen molar-refractivity contribution < 1.29 is 4.74 Å². The Kier molecular flexibility index (Phi) is 5.37. The van der Waals surface area contributed by atoms with Crippen LogP contribution in [0.15, 0.2) is 24.3 Å². The van der Waals surface area contributed by atoms with Crippen molar-refractivity contribution in [2.24, 2.45) is 0 Å². The summed E-state index contributed by atoms with van der Waals surface area (Å²) in [6.45, 7) is 8.92. The maximum absolute atomic E-state index is 5.41. The van der Waals surface area contributed by atoms with Crippen LogP contribution in [0.2, 0.25) is 0 Å². The lowest BCUT2D eigenvalue weighted by Gasteiger charge is -2.34. The van der Waals surface area contributed by atoms with Crippen molar-refractivity contribution in [1.29, 1.82) is 0 Å². The van der Waals surface area contributed by atoms with Crippen molar-refractivity contribution in [2.45, 2.75) is 32.4 Å². The molecule has 0 aliphatic carbocycles. The summed E-state index contributed by atoms with van der Waals surface area (Å²) in [6.07, 6.45) is 1.26. The van der Waals surface area contributed by atoms with E-state index in [0.29, 0.717) is 6.04 Å². The minimum Gasteiger partial charge on any atom is -0.381 e. The van der Waals surface area contributed by atoms with Crippen LogP contribution in [0.4, 0.5) is 0 Å². The van der Waals surface area contributed by atoms with Crippen molar-refractivity contribution in [3.05, 3.63) is 35.4 Å². The van der Waals surface area contributed by atoms with E-state index in [-0.39, 0.29) is 6.10 Å². The van der Waals surface area contributed by atoms with E-state index in [9.17, 15) is 0 Å². The number of nitrogens with one attached hydrogen (secondary N) is 1. The van der Waals surface area contributed by atoms with Gasteiger partial charge in [0, 0.05) is 39.3 Å². The second kappa shape index (κ2) is 7.04. The average molecular weight is 262 g/mol. The molecule has 106 valence electrons. The van der Waals surface area contributed by atoms with Crippen LogP contribution >= 0.6 is 0 Å². The zero-order valence-corrected chi connectivity index (χ0v) is 12.4. The molecule has 1 aromatic carbocycles. The second-order valence-corrected chi connectivity index (χ2v) is 5.41. The molecular formula is C16H26N2O. The molecule has 0 bridgehead atoms. The zero-order chi connectivity index (χ0) is 13.7. The van der Waals surface area contributed by atoms with Gasteiger partial charge in [-0.1, -0.05) is 24.3 Å². The fourth-order valence-corrected chi connectivity index (χ4v) is 2.79. The van der Waals surface area contributed by atoms with Gasteiger partial charge in [0.15, 0.2) is 0 Å². The Balaban J connectivity index is 2.13. The maximum atomic E-state index is 5.41. The molecule has 0 spiro atoms. The van der Waals surface area contributed by atoms with Crippen molar-refractivity contribution in [3.63, 3.8) is 0 Å². The van der Waals surface area contributed by atoms with Crippen molar-refractivity contribution in [1.82, 2.24) is 10.2 Å². The lowest BCUT2D eigenvalue weighted by molar-refractivity contribution is 0.118. The first kappa shape index (κ1) is 14.5. The highest BCUT2D eigenvalue weighted by atomic mass is 16.5. The Morgan fingerprint density at radius 3 is 2.58 bits per heavy atom. The summed E-state index contributed by atoms with van der Waals surface area (Å²) < 4.78 is 5.41. The van der Waals surface area contributed by atoms with Gasteiger partial charge in [0.1, 0.15) is 0 Å². The van der Waals surface area contributed by atoms with Gasteiger partial charge in [-0.15, -0.1) is 0 Å². The third kappa shape index (κ3) is 3.78. The zero-order valence-electron chi connectivity index (χ0n) is 12.4. The summed E-state index contributed by atoms with van der Waals surface area (Å²) in [6, 6.07) is 9.27. The van der Waals surface area contributed by atoms with Crippen molar-refractivity contribution in [3.8, 4) is 0 Å². The van der Waals surface area contributed by atoms with E-state index in [1.54, 1.807) is 7.11 Å². The van der Waals surface area contributed by atoms with Gasteiger partial charge < -0.3 is 10.1 Å². The lowest BCUT2D eigenvalue weighted by atomic mass is 9.96. The molecule has 1 heterocycles. The SMILES string of the molecule is COC(C)Cc1ccccc1C(C)N1CCNCC1. The van der Waals surface area contributed by atoms with Crippen molar-refractivity contribution >= 4 is 0 Å². The minimum absolute atomic E-state index is 0.274. The molecule has 1 fully saturated rings. The number of rotatable bonds is 5. The Bertz CT molecular complexity index is 388. The number of hydrogen-bond acceptors (Lipinski definition) is 3. The summed E-state index contributed by atoms with van der Waals surface area (Å²) in [7, 11) is 1.78. The first-order chi connectivity index (χ1) is 9.22. The molecule has 2 unspecified atom stereocenters. The summed E-state index contributed by atoms with van der Waals surface area (Å²) in [5.74, 6) is 0. The summed E-state index contributed by atoms with van der Waals surface area (Å²) >= 11 is 0. The fraction of sp³-hybridized carbons (Fsp3) is 0.625. The molecule has 3 heteroatoms. The van der Waals surface area contributed by atoms with E-state index in [0.717, 1.165) is 32.6 Å². The average Bonchev–Trinajstić information content (AvgIpc) is 2.48. The smallest absolute Gasteiger partial charge is 0.0583 e. The molecule has 2 atom stereocenters. The number of hydrogen-bond donors (Lipinski definition) is 1. The molecular weight excluding hydrogens is 236 g/mol. The fourth-order valence-electron chi connectivity index (χ4n) is 2.79. The van der Waals surface area contributed by atoms with E-state index < -0.39 is 0 Å². The van der Waals surface area contributed by atoms with Crippen LogP contribution in [0.3, 0.4) is 0 Å². The quantitative estimate of drug-likeness (QED) is 0.880. The lowest BCUT2D eigenvalue weighted by Crippen LogP contribution is -2.44. The first-order valence-electron chi connectivity index (χ1n) is 7.27. The molecule has 3 nitrogen and oxygen atoms in total. The number of methoxy groups -OCH3 is 1. The molecule has 0 radical (unpaired) electrons. The monoisotopic (exact) mass is 262 g/mol. The largest absolute Gasteiger partial charge is 0.381 e. The highest BCUT2D eigenvalue weighted by molar-refractivity contribution is 5.30. The Labute approximate surface area is 116 Å². The van der Waals surface area contributed by atoms with E-state index in [1.807, 2.05) is 0 Å². The maximum Gasteiger partial charge on any atom is 0.0583 e. The molecule has 1 saturated heterocycles. The number of benzene rings is 1. The molecule has 1 aliphatic rings. The van der Waals surface area contributed by atoms with Crippen LogP contribution in [0.1, 0.15) is 31.0 Å². The van der Waals surface area contributed by atoms with Gasteiger partial charge in [-0.25, -0.2) is 0 Å². The molecule has 0 aromatic heterocycles.